The van der Waals surface area contributed by atoms with Crippen molar-refractivity contribution in [3.8, 4) is 16.9 Å². The Hall–Kier alpha value is -3.42. The molecule has 0 saturated carbocycles. The Balaban J connectivity index is 1.51. The number of ether oxygens (including phenoxy) is 1. The van der Waals surface area contributed by atoms with Crippen molar-refractivity contribution in [2.75, 3.05) is 45.7 Å². The van der Waals surface area contributed by atoms with Gasteiger partial charge in [0.15, 0.2) is 0 Å². The minimum Gasteiger partial charge on any atom is -0.497 e. The number of nitrogens with zero attached hydrogens (tertiary/aromatic N) is 3. The molecule has 0 bridgehead atoms. The minimum absolute atomic E-state index is 0.0126. The summed E-state index contributed by atoms with van der Waals surface area (Å²) in [6.07, 6.45) is 6.25. The highest BCUT2D eigenvalue weighted by atomic mass is 16.5. The van der Waals surface area contributed by atoms with Crippen LogP contribution in [0.5, 0.6) is 5.75 Å². The second-order valence-electron chi connectivity index (χ2n) is 9.34. The summed E-state index contributed by atoms with van der Waals surface area (Å²) in [6.45, 7) is 2.27. The first-order chi connectivity index (χ1) is 17.6. The molecule has 1 aromatic heterocycles. The van der Waals surface area contributed by atoms with E-state index >= 15 is 0 Å². The van der Waals surface area contributed by atoms with Crippen molar-refractivity contribution in [3.05, 3.63) is 78.6 Å². The van der Waals surface area contributed by atoms with E-state index in [2.05, 4.69) is 46.5 Å². The molecular formula is C29H36N4O3. The summed E-state index contributed by atoms with van der Waals surface area (Å²) < 4.78 is 5.21. The SMILES string of the molecule is COc1ccc(NC(=O)N2CCCCN(C)[C@H](CO)[C@H](c3ccc(-c4ccncc4)cc3)CC2)cc1. The third-order valence-electron chi connectivity index (χ3n) is 7.10. The van der Waals surface area contributed by atoms with Gasteiger partial charge < -0.3 is 25.0 Å². The molecule has 2 heterocycles. The first-order valence-electron chi connectivity index (χ1n) is 12.6. The first kappa shape index (κ1) is 25.7. The van der Waals surface area contributed by atoms with Crippen LogP contribution >= 0.6 is 0 Å². The minimum atomic E-state index is -0.0959. The van der Waals surface area contributed by atoms with Crippen molar-refractivity contribution in [2.45, 2.75) is 31.2 Å². The number of benzene rings is 2. The molecule has 0 unspecified atom stereocenters. The molecule has 0 radical (unpaired) electrons. The number of likely N-dealkylation sites (N-methyl/N-ethyl adjacent to an activating group) is 1. The number of carbonyl (C=O) groups excluding carboxylic acids is 1. The largest absolute Gasteiger partial charge is 0.497 e. The van der Waals surface area contributed by atoms with Gasteiger partial charge in [-0.1, -0.05) is 24.3 Å². The number of aliphatic hydroxyl groups excluding tert-OH is 1. The summed E-state index contributed by atoms with van der Waals surface area (Å²) in [5, 5.41) is 13.4. The Bertz CT molecular complexity index is 1090. The Morgan fingerprint density at radius 2 is 1.64 bits per heavy atom. The van der Waals surface area contributed by atoms with Gasteiger partial charge in [0.1, 0.15) is 5.75 Å². The van der Waals surface area contributed by atoms with Gasteiger partial charge in [-0.3, -0.25) is 4.98 Å². The van der Waals surface area contributed by atoms with Gasteiger partial charge in [0.05, 0.1) is 13.7 Å². The third kappa shape index (κ3) is 6.42. The van der Waals surface area contributed by atoms with Gasteiger partial charge in [0, 0.05) is 43.1 Å². The van der Waals surface area contributed by atoms with Crippen LogP contribution in [0.15, 0.2) is 73.1 Å². The fourth-order valence-electron chi connectivity index (χ4n) is 4.94. The second-order valence-corrected chi connectivity index (χ2v) is 9.34. The fraction of sp³-hybridized carbons (Fsp3) is 0.379. The van der Waals surface area contributed by atoms with Gasteiger partial charge >= 0.3 is 6.03 Å². The van der Waals surface area contributed by atoms with Crippen LogP contribution in [-0.2, 0) is 0 Å². The lowest BCUT2D eigenvalue weighted by Crippen LogP contribution is -2.44. The van der Waals surface area contributed by atoms with Crippen molar-refractivity contribution in [3.63, 3.8) is 0 Å². The van der Waals surface area contributed by atoms with Crippen LogP contribution < -0.4 is 10.1 Å². The van der Waals surface area contributed by atoms with Crippen LogP contribution in [0, 0.1) is 0 Å². The standard InChI is InChI=1S/C29H36N4O3/c1-32-18-3-4-19-33(29(35)31-25-9-11-26(36-2)12-10-25)20-15-27(28(32)21-34)24-7-5-22(6-8-24)23-13-16-30-17-14-23/h5-14,16-17,27-28,34H,3-4,15,18-21H2,1-2H3,(H,31,35)/t27-,28+/m0/s1. The summed E-state index contributed by atoms with van der Waals surface area (Å²) in [6, 6.07) is 19.8. The molecule has 4 rings (SSSR count). The number of anilines is 1. The second kappa shape index (κ2) is 12.5. The van der Waals surface area contributed by atoms with E-state index in [4.69, 9.17) is 4.74 Å². The highest BCUT2D eigenvalue weighted by Gasteiger charge is 2.28. The van der Waals surface area contributed by atoms with Gasteiger partial charge in [-0.2, -0.15) is 0 Å². The van der Waals surface area contributed by atoms with Crippen molar-refractivity contribution < 1.29 is 14.6 Å². The lowest BCUT2D eigenvalue weighted by molar-refractivity contribution is 0.111. The molecule has 36 heavy (non-hydrogen) atoms. The molecular weight excluding hydrogens is 452 g/mol. The maximum Gasteiger partial charge on any atom is 0.321 e. The first-order valence-corrected chi connectivity index (χ1v) is 12.6. The predicted molar refractivity (Wildman–Crippen MR) is 143 cm³/mol. The maximum absolute atomic E-state index is 13.2. The molecule has 1 aliphatic heterocycles. The van der Waals surface area contributed by atoms with Gasteiger partial charge in [-0.05, 0) is 85.9 Å². The van der Waals surface area contributed by atoms with Gasteiger partial charge in [-0.15, -0.1) is 0 Å². The summed E-state index contributed by atoms with van der Waals surface area (Å²) >= 11 is 0. The number of aliphatic hydroxyl groups is 1. The summed E-state index contributed by atoms with van der Waals surface area (Å²) in [4.78, 5) is 21.4. The van der Waals surface area contributed by atoms with E-state index in [0.29, 0.717) is 13.1 Å². The molecule has 0 spiro atoms. The van der Waals surface area contributed by atoms with E-state index in [1.54, 1.807) is 19.5 Å². The van der Waals surface area contributed by atoms with Crippen LogP contribution in [0.25, 0.3) is 11.1 Å². The fourth-order valence-corrected chi connectivity index (χ4v) is 4.94. The molecule has 1 aliphatic rings. The number of aromatic nitrogens is 1. The Kier molecular flexibility index (Phi) is 8.92. The maximum atomic E-state index is 13.2. The topological polar surface area (TPSA) is 77.9 Å². The molecule has 190 valence electrons. The number of pyridine rings is 1. The lowest BCUT2D eigenvalue weighted by atomic mass is 9.86. The number of methoxy groups -OCH3 is 1. The van der Waals surface area contributed by atoms with E-state index in [1.807, 2.05) is 41.3 Å². The number of carbonyl (C=O) groups is 1. The monoisotopic (exact) mass is 488 g/mol. The van der Waals surface area contributed by atoms with Crippen LogP contribution in [0.2, 0.25) is 0 Å². The lowest BCUT2D eigenvalue weighted by Gasteiger charge is -2.36. The number of urea groups is 1. The predicted octanol–water partition coefficient (Wildman–Crippen LogP) is 4.85. The number of amides is 2. The molecule has 1 fully saturated rings. The molecule has 2 N–H and O–H groups in total. The molecule has 7 heteroatoms. The van der Waals surface area contributed by atoms with E-state index < -0.39 is 0 Å². The van der Waals surface area contributed by atoms with Gasteiger partial charge in [0.25, 0.3) is 0 Å². The Morgan fingerprint density at radius 1 is 0.972 bits per heavy atom. The molecule has 7 nitrogen and oxygen atoms in total. The zero-order valence-electron chi connectivity index (χ0n) is 21.1. The number of hydrogen-bond donors (Lipinski definition) is 2. The van der Waals surface area contributed by atoms with Crippen LogP contribution in [-0.4, -0.2) is 72.4 Å². The quantitative estimate of drug-likeness (QED) is 0.537. The average Bonchev–Trinajstić information content (AvgIpc) is 2.92. The Morgan fingerprint density at radius 3 is 2.31 bits per heavy atom. The van der Waals surface area contributed by atoms with Crippen LogP contribution in [0.4, 0.5) is 10.5 Å². The number of hydrogen-bond acceptors (Lipinski definition) is 5. The Labute approximate surface area is 213 Å². The molecule has 3 aromatic rings. The highest BCUT2D eigenvalue weighted by Crippen LogP contribution is 2.30. The van der Waals surface area contributed by atoms with Gasteiger partial charge in [-0.25, -0.2) is 4.79 Å². The highest BCUT2D eigenvalue weighted by molar-refractivity contribution is 5.89. The van der Waals surface area contributed by atoms with E-state index in [9.17, 15) is 9.90 Å². The summed E-state index contributed by atoms with van der Waals surface area (Å²) in [7, 11) is 3.72. The molecule has 0 aliphatic carbocycles. The van der Waals surface area contributed by atoms with Crippen molar-refractivity contribution in [1.82, 2.24) is 14.8 Å². The van der Waals surface area contributed by atoms with Gasteiger partial charge in [0.2, 0.25) is 0 Å². The zero-order valence-corrected chi connectivity index (χ0v) is 21.1. The number of nitrogens with one attached hydrogen (secondary N) is 1. The van der Waals surface area contributed by atoms with E-state index in [0.717, 1.165) is 48.4 Å². The van der Waals surface area contributed by atoms with Crippen molar-refractivity contribution >= 4 is 11.7 Å². The molecule has 2 atom stereocenters. The molecule has 2 aromatic carbocycles. The van der Waals surface area contributed by atoms with E-state index in [-0.39, 0.29) is 24.6 Å². The summed E-state index contributed by atoms with van der Waals surface area (Å²) in [5.74, 6) is 0.852. The number of rotatable bonds is 5. The zero-order chi connectivity index (χ0) is 25.3. The molecule has 1 saturated heterocycles. The smallest absolute Gasteiger partial charge is 0.321 e. The van der Waals surface area contributed by atoms with Crippen molar-refractivity contribution in [2.24, 2.45) is 0 Å². The summed E-state index contributed by atoms with van der Waals surface area (Å²) in [5.41, 5.74) is 4.18. The van der Waals surface area contributed by atoms with Crippen molar-refractivity contribution in [1.29, 1.82) is 0 Å². The average molecular weight is 489 g/mol. The molecule has 2 amide bonds. The van der Waals surface area contributed by atoms with Crippen LogP contribution in [0.3, 0.4) is 0 Å². The van der Waals surface area contributed by atoms with Crippen LogP contribution in [0.1, 0.15) is 30.7 Å². The van der Waals surface area contributed by atoms with E-state index in [1.165, 1.54) is 5.56 Å². The third-order valence-corrected chi connectivity index (χ3v) is 7.10. The normalized spacial score (nSPS) is 19.5.